The third-order valence-electron chi connectivity index (χ3n) is 3.24. The molecule has 0 saturated carbocycles. The van der Waals surface area contributed by atoms with Crippen molar-refractivity contribution < 1.29 is 4.74 Å². The van der Waals surface area contributed by atoms with Gasteiger partial charge in [0.05, 0.1) is 6.04 Å². The Labute approximate surface area is 131 Å². The molecule has 6 nitrogen and oxygen atoms in total. The molecule has 1 aromatic heterocycles. The molecular weight excluding hydrogens is 278 g/mol. The number of ether oxygens (including phenoxy) is 1. The van der Waals surface area contributed by atoms with E-state index in [-0.39, 0.29) is 12.0 Å². The first-order valence-electron chi connectivity index (χ1n) is 7.42. The maximum atomic E-state index is 5.89. The molecule has 0 aliphatic rings. The Balaban J connectivity index is 2.00. The lowest BCUT2D eigenvalue weighted by Gasteiger charge is -2.18. The van der Waals surface area contributed by atoms with E-state index in [0.717, 1.165) is 12.2 Å². The fourth-order valence-electron chi connectivity index (χ4n) is 2.22. The Morgan fingerprint density at radius 1 is 1.09 bits per heavy atom. The van der Waals surface area contributed by atoms with Crippen molar-refractivity contribution in [1.82, 2.24) is 15.0 Å². The van der Waals surface area contributed by atoms with Gasteiger partial charge in [-0.25, -0.2) is 0 Å². The van der Waals surface area contributed by atoms with Gasteiger partial charge in [-0.1, -0.05) is 13.0 Å². The molecule has 6 heteroatoms. The van der Waals surface area contributed by atoms with Crippen molar-refractivity contribution in [3.8, 4) is 5.75 Å². The lowest BCUT2D eigenvalue weighted by Crippen LogP contribution is -2.27. The summed E-state index contributed by atoms with van der Waals surface area (Å²) in [6, 6.07) is 6.29. The second-order valence-corrected chi connectivity index (χ2v) is 5.45. The van der Waals surface area contributed by atoms with E-state index in [1.54, 1.807) is 6.92 Å². The fourth-order valence-corrected chi connectivity index (χ4v) is 2.22. The molecule has 0 aliphatic carbocycles. The molecule has 0 aliphatic heterocycles. The Kier molecular flexibility index (Phi) is 5.14. The van der Waals surface area contributed by atoms with Gasteiger partial charge in [0, 0.05) is 0 Å². The van der Waals surface area contributed by atoms with Crippen LogP contribution in [-0.4, -0.2) is 27.6 Å². The van der Waals surface area contributed by atoms with Gasteiger partial charge in [0.25, 0.3) is 0 Å². The second kappa shape index (κ2) is 7.06. The summed E-state index contributed by atoms with van der Waals surface area (Å²) in [6.07, 6.45) is 0.884. The van der Waals surface area contributed by atoms with Crippen molar-refractivity contribution in [3.63, 3.8) is 0 Å². The number of nitrogen functional groups attached to an aromatic ring is 1. The van der Waals surface area contributed by atoms with E-state index in [4.69, 9.17) is 10.5 Å². The smallest absolute Gasteiger partial charge is 0.228 e. The molecule has 118 valence electrons. The molecule has 0 fully saturated rings. The van der Waals surface area contributed by atoms with Crippen LogP contribution in [0.1, 0.15) is 30.3 Å². The second-order valence-electron chi connectivity index (χ2n) is 5.45. The highest BCUT2D eigenvalue weighted by Crippen LogP contribution is 2.17. The summed E-state index contributed by atoms with van der Waals surface area (Å²) < 4.78 is 5.89. The van der Waals surface area contributed by atoms with Crippen molar-refractivity contribution in [3.05, 3.63) is 35.2 Å². The number of hydrogen-bond donors (Lipinski definition) is 2. The summed E-state index contributed by atoms with van der Waals surface area (Å²) in [5.74, 6) is 2.19. The lowest BCUT2D eigenvalue weighted by atomic mass is 10.1. The van der Waals surface area contributed by atoms with Gasteiger partial charge < -0.3 is 15.8 Å². The molecule has 1 aromatic carbocycles. The van der Waals surface area contributed by atoms with E-state index in [9.17, 15) is 0 Å². The minimum absolute atomic E-state index is 0.0991. The first-order valence-corrected chi connectivity index (χ1v) is 7.42. The SMILES string of the molecule is CCC(COc1cc(C)cc(C)c1)Nc1nc(C)nc(N)n1. The number of rotatable bonds is 6. The average molecular weight is 301 g/mol. The van der Waals surface area contributed by atoms with Crippen LogP contribution in [0.2, 0.25) is 0 Å². The molecule has 2 rings (SSSR count). The predicted octanol–water partition coefficient (Wildman–Crippen LogP) is 2.65. The Hall–Kier alpha value is -2.37. The minimum Gasteiger partial charge on any atom is -0.491 e. The summed E-state index contributed by atoms with van der Waals surface area (Å²) in [5, 5.41) is 3.24. The molecule has 3 N–H and O–H groups in total. The van der Waals surface area contributed by atoms with Crippen molar-refractivity contribution in [2.45, 2.75) is 40.2 Å². The molecule has 1 unspecified atom stereocenters. The topological polar surface area (TPSA) is 86.0 Å². The molecule has 1 atom stereocenters. The number of hydrogen-bond acceptors (Lipinski definition) is 6. The third kappa shape index (κ3) is 4.58. The summed E-state index contributed by atoms with van der Waals surface area (Å²) in [7, 11) is 0. The zero-order valence-electron chi connectivity index (χ0n) is 13.6. The summed E-state index contributed by atoms with van der Waals surface area (Å²) >= 11 is 0. The van der Waals surface area contributed by atoms with Crippen LogP contribution < -0.4 is 15.8 Å². The Morgan fingerprint density at radius 2 is 1.77 bits per heavy atom. The number of anilines is 2. The van der Waals surface area contributed by atoms with Crippen LogP contribution >= 0.6 is 0 Å². The van der Waals surface area contributed by atoms with E-state index >= 15 is 0 Å². The molecule has 2 aromatic rings. The van der Waals surface area contributed by atoms with Crippen LogP contribution in [0, 0.1) is 20.8 Å². The van der Waals surface area contributed by atoms with E-state index in [1.807, 2.05) is 12.1 Å². The Morgan fingerprint density at radius 3 is 2.36 bits per heavy atom. The highest BCUT2D eigenvalue weighted by Gasteiger charge is 2.10. The maximum absolute atomic E-state index is 5.89. The number of nitrogens with zero attached hydrogens (tertiary/aromatic N) is 3. The number of nitrogens with one attached hydrogen (secondary N) is 1. The molecule has 0 spiro atoms. The van der Waals surface area contributed by atoms with Crippen LogP contribution in [-0.2, 0) is 0 Å². The summed E-state index contributed by atoms with van der Waals surface area (Å²) in [5.41, 5.74) is 8.02. The van der Waals surface area contributed by atoms with Gasteiger partial charge in [0.15, 0.2) is 0 Å². The van der Waals surface area contributed by atoms with E-state index in [1.165, 1.54) is 11.1 Å². The lowest BCUT2D eigenvalue weighted by molar-refractivity contribution is 0.293. The normalized spacial score (nSPS) is 12.0. The number of benzene rings is 1. The van der Waals surface area contributed by atoms with Gasteiger partial charge in [-0.15, -0.1) is 0 Å². The van der Waals surface area contributed by atoms with Gasteiger partial charge in [-0.3, -0.25) is 0 Å². The van der Waals surface area contributed by atoms with E-state index in [2.05, 4.69) is 47.1 Å². The van der Waals surface area contributed by atoms with Crippen molar-refractivity contribution in [1.29, 1.82) is 0 Å². The Bertz CT molecular complexity index is 604. The quantitative estimate of drug-likeness (QED) is 0.853. The first-order chi connectivity index (χ1) is 10.5. The largest absolute Gasteiger partial charge is 0.491 e. The number of aryl methyl sites for hydroxylation is 3. The zero-order chi connectivity index (χ0) is 16.1. The van der Waals surface area contributed by atoms with Crippen LogP contribution in [0.15, 0.2) is 18.2 Å². The van der Waals surface area contributed by atoms with E-state index < -0.39 is 0 Å². The van der Waals surface area contributed by atoms with Gasteiger partial charge in [-0.05, 0) is 50.5 Å². The molecule has 22 heavy (non-hydrogen) atoms. The highest BCUT2D eigenvalue weighted by molar-refractivity contribution is 5.34. The molecule has 0 saturated heterocycles. The van der Waals surface area contributed by atoms with Gasteiger partial charge in [0.2, 0.25) is 11.9 Å². The van der Waals surface area contributed by atoms with Gasteiger partial charge in [0.1, 0.15) is 18.2 Å². The average Bonchev–Trinajstić information content (AvgIpc) is 2.41. The van der Waals surface area contributed by atoms with Crippen LogP contribution in [0.3, 0.4) is 0 Å². The third-order valence-corrected chi connectivity index (χ3v) is 3.24. The molecular formula is C16H23N5O. The summed E-state index contributed by atoms with van der Waals surface area (Å²) in [6.45, 7) is 8.53. The van der Waals surface area contributed by atoms with Crippen LogP contribution in [0.4, 0.5) is 11.9 Å². The first kappa shape index (κ1) is 16.0. The van der Waals surface area contributed by atoms with Crippen LogP contribution in [0.5, 0.6) is 5.75 Å². The zero-order valence-corrected chi connectivity index (χ0v) is 13.6. The molecule has 1 heterocycles. The number of aromatic nitrogens is 3. The highest BCUT2D eigenvalue weighted by atomic mass is 16.5. The standard InChI is InChI=1S/C16H23N5O/c1-5-13(20-16-19-12(4)18-15(17)21-16)9-22-14-7-10(2)6-11(3)8-14/h6-8,13H,5,9H2,1-4H3,(H3,17,18,19,20,21). The van der Waals surface area contributed by atoms with Gasteiger partial charge in [-0.2, -0.15) is 15.0 Å². The minimum atomic E-state index is 0.0991. The predicted molar refractivity (Wildman–Crippen MR) is 88.1 cm³/mol. The van der Waals surface area contributed by atoms with Gasteiger partial charge >= 0.3 is 0 Å². The monoisotopic (exact) mass is 301 g/mol. The fraction of sp³-hybridized carbons (Fsp3) is 0.438. The molecule has 0 amide bonds. The van der Waals surface area contributed by atoms with E-state index in [0.29, 0.717) is 18.4 Å². The molecule has 0 radical (unpaired) electrons. The summed E-state index contributed by atoms with van der Waals surface area (Å²) in [4.78, 5) is 12.3. The molecule has 0 bridgehead atoms. The van der Waals surface area contributed by atoms with Crippen LogP contribution in [0.25, 0.3) is 0 Å². The van der Waals surface area contributed by atoms with Crippen molar-refractivity contribution in [2.75, 3.05) is 17.7 Å². The van der Waals surface area contributed by atoms with Crippen molar-refractivity contribution >= 4 is 11.9 Å². The maximum Gasteiger partial charge on any atom is 0.228 e. The number of nitrogens with two attached hydrogens (primary N) is 1. The van der Waals surface area contributed by atoms with Crippen molar-refractivity contribution in [2.24, 2.45) is 0 Å².